The predicted molar refractivity (Wildman–Crippen MR) is 75.8 cm³/mol. The maximum absolute atomic E-state index is 3.45. The highest BCUT2D eigenvalue weighted by Gasteiger charge is 2.28. The number of hydrogen-bond acceptors (Lipinski definition) is 3. The molecule has 0 spiro atoms. The van der Waals surface area contributed by atoms with Crippen LogP contribution in [-0.2, 0) is 0 Å². The van der Waals surface area contributed by atoms with Crippen molar-refractivity contribution in [2.24, 2.45) is 5.92 Å². The molecule has 0 aromatic rings. The molecule has 0 bridgehead atoms. The Labute approximate surface area is 110 Å². The lowest BCUT2D eigenvalue weighted by Crippen LogP contribution is -2.46. The van der Waals surface area contributed by atoms with Gasteiger partial charge in [0.15, 0.2) is 0 Å². The number of piperidine rings is 1. The molecule has 2 saturated heterocycles. The van der Waals surface area contributed by atoms with Gasteiger partial charge >= 0.3 is 0 Å². The smallest absolute Gasteiger partial charge is 0.0231 e. The largest absolute Gasteiger partial charge is 0.317 e. The Morgan fingerprint density at radius 2 is 2.00 bits per heavy atom. The van der Waals surface area contributed by atoms with Gasteiger partial charge in [-0.25, -0.2) is 0 Å². The normalized spacial score (nSPS) is 27.4. The zero-order valence-corrected chi connectivity index (χ0v) is 12.1. The van der Waals surface area contributed by atoms with Crippen molar-refractivity contribution in [2.45, 2.75) is 31.4 Å². The molecule has 2 rings (SSSR count). The van der Waals surface area contributed by atoms with Crippen molar-refractivity contribution in [3.8, 4) is 0 Å². The van der Waals surface area contributed by atoms with Gasteiger partial charge in [-0.3, -0.25) is 0 Å². The van der Waals surface area contributed by atoms with Crippen molar-refractivity contribution in [1.29, 1.82) is 0 Å². The molecule has 2 fully saturated rings. The molecule has 96 valence electrons. The summed E-state index contributed by atoms with van der Waals surface area (Å²) < 4.78 is 0.477. The molecule has 0 atom stereocenters. The SMILES string of the molecule is CC1(C)CN(CC2CCNCC2)CCS1.Cl. The third-order valence-electron chi connectivity index (χ3n) is 3.48. The van der Waals surface area contributed by atoms with Crippen molar-refractivity contribution >= 4 is 24.2 Å². The summed E-state index contributed by atoms with van der Waals surface area (Å²) in [5.74, 6) is 2.27. The van der Waals surface area contributed by atoms with Crippen LogP contribution in [0.4, 0.5) is 0 Å². The molecule has 1 N–H and O–H groups in total. The average molecular weight is 265 g/mol. The van der Waals surface area contributed by atoms with Crippen molar-refractivity contribution in [3.05, 3.63) is 0 Å². The van der Waals surface area contributed by atoms with E-state index in [1.54, 1.807) is 0 Å². The van der Waals surface area contributed by atoms with E-state index in [2.05, 4.69) is 35.8 Å². The molecule has 0 aromatic heterocycles. The van der Waals surface area contributed by atoms with Crippen LogP contribution < -0.4 is 5.32 Å². The number of nitrogens with one attached hydrogen (secondary N) is 1. The second-order valence-electron chi connectivity index (χ2n) is 5.54. The zero-order valence-electron chi connectivity index (χ0n) is 10.5. The van der Waals surface area contributed by atoms with Gasteiger partial charge in [0.05, 0.1) is 0 Å². The average Bonchev–Trinajstić information content (AvgIpc) is 2.17. The quantitative estimate of drug-likeness (QED) is 0.824. The van der Waals surface area contributed by atoms with Gasteiger partial charge in [0, 0.05) is 30.1 Å². The summed E-state index contributed by atoms with van der Waals surface area (Å²) in [5.41, 5.74) is 0. The molecule has 0 saturated carbocycles. The molecule has 0 aliphatic carbocycles. The van der Waals surface area contributed by atoms with Gasteiger partial charge in [-0.1, -0.05) is 0 Å². The molecular weight excluding hydrogens is 240 g/mol. The Morgan fingerprint density at radius 1 is 1.31 bits per heavy atom. The summed E-state index contributed by atoms with van der Waals surface area (Å²) >= 11 is 2.13. The summed E-state index contributed by atoms with van der Waals surface area (Å²) in [5, 5.41) is 3.45. The van der Waals surface area contributed by atoms with Crippen LogP contribution >= 0.6 is 24.2 Å². The molecule has 0 unspecified atom stereocenters. The highest BCUT2D eigenvalue weighted by molar-refractivity contribution is 8.00. The molecule has 2 heterocycles. The van der Waals surface area contributed by atoms with Gasteiger partial charge in [0.2, 0.25) is 0 Å². The van der Waals surface area contributed by atoms with E-state index in [9.17, 15) is 0 Å². The minimum Gasteiger partial charge on any atom is -0.317 e. The summed E-state index contributed by atoms with van der Waals surface area (Å²) in [7, 11) is 0. The van der Waals surface area contributed by atoms with Crippen molar-refractivity contribution in [3.63, 3.8) is 0 Å². The molecule has 2 aliphatic heterocycles. The first-order chi connectivity index (χ1) is 7.16. The van der Waals surface area contributed by atoms with E-state index >= 15 is 0 Å². The van der Waals surface area contributed by atoms with Crippen LogP contribution in [0.1, 0.15) is 26.7 Å². The summed E-state index contributed by atoms with van der Waals surface area (Å²) in [6.07, 6.45) is 2.76. The molecule has 0 amide bonds. The fraction of sp³-hybridized carbons (Fsp3) is 1.00. The van der Waals surface area contributed by atoms with Crippen LogP contribution in [0.3, 0.4) is 0 Å². The minimum atomic E-state index is 0. The molecule has 2 nitrogen and oxygen atoms in total. The van der Waals surface area contributed by atoms with E-state index < -0.39 is 0 Å². The van der Waals surface area contributed by atoms with Gasteiger partial charge in [0.25, 0.3) is 0 Å². The second-order valence-corrected chi connectivity index (χ2v) is 7.34. The Balaban J connectivity index is 0.00000128. The number of halogens is 1. The highest BCUT2D eigenvalue weighted by Crippen LogP contribution is 2.30. The Kier molecular flexibility index (Phi) is 5.92. The van der Waals surface area contributed by atoms with Gasteiger partial charge in [-0.2, -0.15) is 11.8 Å². The Morgan fingerprint density at radius 3 is 2.62 bits per heavy atom. The van der Waals surface area contributed by atoms with Crippen LogP contribution in [0, 0.1) is 5.92 Å². The maximum atomic E-state index is 3.45. The minimum absolute atomic E-state index is 0. The lowest BCUT2D eigenvalue weighted by Gasteiger charge is -2.39. The van der Waals surface area contributed by atoms with E-state index in [0.717, 1.165) is 5.92 Å². The van der Waals surface area contributed by atoms with Gasteiger partial charge < -0.3 is 10.2 Å². The Hall–Kier alpha value is 0.560. The second kappa shape index (κ2) is 6.48. The first kappa shape index (κ1) is 14.6. The standard InChI is InChI=1S/C12H24N2S.ClH/c1-12(2)10-14(7-8-15-12)9-11-3-5-13-6-4-11;/h11,13H,3-10H2,1-2H3;1H. The van der Waals surface area contributed by atoms with E-state index in [0.29, 0.717) is 4.75 Å². The lowest BCUT2D eigenvalue weighted by atomic mass is 9.97. The van der Waals surface area contributed by atoms with Crippen molar-refractivity contribution in [2.75, 3.05) is 38.5 Å². The van der Waals surface area contributed by atoms with Crippen molar-refractivity contribution in [1.82, 2.24) is 10.2 Å². The first-order valence-corrected chi connectivity index (χ1v) is 7.21. The highest BCUT2D eigenvalue weighted by atomic mass is 35.5. The Bertz CT molecular complexity index is 205. The van der Waals surface area contributed by atoms with Crippen LogP contribution in [0.15, 0.2) is 0 Å². The van der Waals surface area contributed by atoms with E-state index in [1.807, 2.05) is 0 Å². The molecule has 0 aromatic carbocycles. The third-order valence-corrected chi connectivity index (χ3v) is 4.78. The summed E-state index contributed by atoms with van der Waals surface area (Å²) in [6, 6.07) is 0. The molecular formula is C12H25ClN2S. The van der Waals surface area contributed by atoms with Crippen LogP contribution in [0.5, 0.6) is 0 Å². The number of nitrogens with zero attached hydrogens (tertiary/aromatic N) is 1. The fourth-order valence-electron chi connectivity index (χ4n) is 2.70. The number of rotatable bonds is 2. The fourth-order valence-corrected chi connectivity index (χ4v) is 3.88. The van der Waals surface area contributed by atoms with Gasteiger partial charge in [-0.15, -0.1) is 12.4 Å². The molecule has 0 radical (unpaired) electrons. The maximum Gasteiger partial charge on any atom is 0.0231 e. The number of hydrogen-bond donors (Lipinski definition) is 1. The summed E-state index contributed by atoms with van der Waals surface area (Å²) in [6.45, 7) is 11.1. The van der Waals surface area contributed by atoms with E-state index in [1.165, 1.54) is 51.3 Å². The third kappa shape index (κ3) is 4.44. The monoisotopic (exact) mass is 264 g/mol. The predicted octanol–water partition coefficient (Wildman–Crippen LogP) is 2.24. The molecule has 2 aliphatic rings. The van der Waals surface area contributed by atoms with Crippen molar-refractivity contribution < 1.29 is 0 Å². The van der Waals surface area contributed by atoms with Gasteiger partial charge in [0.1, 0.15) is 0 Å². The summed E-state index contributed by atoms with van der Waals surface area (Å²) in [4.78, 5) is 2.69. The van der Waals surface area contributed by atoms with Gasteiger partial charge in [-0.05, 0) is 45.7 Å². The topological polar surface area (TPSA) is 15.3 Å². The lowest BCUT2D eigenvalue weighted by molar-refractivity contribution is 0.198. The zero-order chi connectivity index (χ0) is 10.7. The molecule has 16 heavy (non-hydrogen) atoms. The van der Waals surface area contributed by atoms with Crippen LogP contribution in [-0.4, -0.2) is 48.1 Å². The van der Waals surface area contributed by atoms with E-state index in [4.69, 9.17) is 0 Å². The first-order valence-electron chi connectivity index (χ1n) is 6.23. The number of thioether (sulfide) groups is 1. The van der Waals surface area contributed by atoms with E-state index in [-0.39, 0.29) is 12.4 Å². The van der Waals surface area contributed by atoms with Crippen LogP contribution in [0.25, 0.3) is 0 Å². The molecule has 4 heteroatoms. The van der Waals surface area contributed by atoms with Crippen LogP contribution in [0.2, 0.25) is 0 Å².